The number of anilines is 1. The van der Waals surface area contributed by atoms with E-state index in [0.29, 0.717) is 13.1 Å². The van der Waals surface area contributed by atoms with Crippen molar-refractivity contribution in [1.29, 1.82) is 0 Å². The molecule has 3 aromatic rings. The molecule has 2 aromatic heterocycles. The van der Waals surface area contributed by atoms with Gasteiger partial charge in [-0.3, -0.25) is 9.36 Å². The first-order valence-electron chi connectivity index (χ1n) is 8.28. The number of urea groups is 1. The quantitative estimate of drug-likeness (QED) is 0.695. The SMILES string of the molecule is C[C@H](CNC(=O)Nc1ccccc1Cn1cccn1)Cn1cccn1. The molecule has 2 heterocycles. The number of hydrogen-bond acceptors (Lipinski definition) is 3. The van der Waals surface area contributed by atoms with Crippen molar-refractivity contribution in [2.24, 2.45) is 5.92 Å². The summed E-state index contributed by atoms with van der Waals surface area (Å²) in [4.78, 5) is 12.2. The molecule has 0 unspecified atom stereocenters. The van der Waals surface area contributed by atoms with Crippen LogP contribution >= 0.6 is 0 Å². The Morgan fingerprint density at radius 1 is 1.08 bits per heavy atom. The number of benzene rings is 1. The molecule has 1 atom stereocenters. The van der Waals surface area contributed by atoms with Crippen molar-refractivity contribution in [3.8, 4) is 0 Å². The summed E-state index contributed by atoms with van der Waals surface area (Å²) >= 11 is 0. The van der Waals surface area contributed by atoms with E-state index in [1.807, 2.05) is 58.2 Å². The molecule has 0 saturated heterocycles. The van der Waals surface area contributed by atoms with E-state index in [2.05, 4.69) is 27.8 Å². The number of nitrogens with zero attached hydrogens (tertiary/aromatic N) is 4. The lowest BCUT2D eigenvalue weighted by Gasteiger charge is -2.15. The maximum absolute atomic E-state index is 12.2. The summed E-state index contributed by atoms with van der Waals surface area (Å²) in [6, 6.07) is 11.3. The summed E-state index contributed by atoms with van der Waals surface area (Å²) in [5.74, 6) is 0.282. The predicted molar refractivity (Wildman–Crippen MR) is 96.2 cm³/mol. The fourth-order valence-corrected chi connectivity index (χ4v) is 2.57. The van der Waals surface area contributed by atoms with E-state index >= 15 is 0 Å². The lowest BCUT2D eigenvalue weighted by Crippen LogP contribution is -2.33. The molecule has 0 saturated carbocycles. The summed E-state index contributed by atoms with van der Waals surface area (Å²) < 4.78 is 3.69. The molecule has 0 aliphatic rings. The lowest BCUT2D eigenvalue weighted by atomic mass is 10.1. The highest BCUT2D eigenvalue weighted by atomic mass is 16.2. The second-order valence-electron chi connectivity index (χ2n) is 6.03. The Balaban J connectivity index is 1.52. The van der Waals surface area contributed by atoms with Crippen LogP contribution in [0.15, 0.2) is 61.2 Å². The summed E-state index contributed by atoms with van der Waals surface area (Å²) in [5, 5.41) is 14.2. The number of para-hydroxylation sites is 1. The Labute approximate surface area is 146 Å². The molecule has 0 aliphatic heterocycles. The molecular weight excluding hydrogens is 316 g/mol. The lowest BCUT2D eigenvalue weighted by molar-refractivity contribution is 0.249. The van der Waals surface area contributed by atoms with Crippen LogP contribution in [0, 0.1) is 5.92 Å². The van der Waals surface area contributed by atoms with Gasteiger partial charge in [0.15, 0.2) is 0 Å². The monoisotopic (exact) mass is 338 g/mol. The van der Waals surface area contributed by atoms with Crippen LogP contribution in [0.3, 0.4) is 0 Å². The molecule has 0 spiro atoms. The first-order valence-corrected chi connectivity index (χ1v) is 8.28. The molecule has 0 radical (unpaired) electrons. The van der Waals surface area contributed by atoms with Gasteiger partial charge in [0.25, 0.3) is 0 Å². The number of aromatic nitrogens is 4. The van der Waals surface area contributed by atoms with Gasteiger partial charge < -0.3 is 10.6 Å². The van der Waals surface area contributed by atoms with E-state index in [0.717, 1.165) is 17.8 Å². The second-order valence-corrected chi connectivity index (χ2v) is 6.03. The van der Waals surface area contributed by atoms with Gasteiger partial charge in [0.05, 0.1) is 6.54 Å². The zero-order valence-electron chi connectivity index (χ0n) is 14.2. The maximum Gasteiger partial charge on any atom is 0.319 e. The molecule has 1 aromatic carbocycles. The minimum atomic E-state index is -0.208. The Hall–Kier alpha value is -3.09. The Morgan fingerprint density at radius 2 is 1.80 bits per heavy atom. The molecule has 25 heavy (non-hydrogen) atoms. The predicted octanol–water partition coefficient (Wildman–Crippen LogP) is 2.59. The minimum Gasteiger partial charge on any atom is -0.338 e. The molecule has 0 aliphatic carbocycles. The zero-order chi connectivity index (χ0) is 17.5. The fourth-order valence-electron chi connectivity index (χ4n) is 2.57. The van der Waals surface area contributed by atoms with Crippen LogP contribution in [0.4, 0.5) is 10.5 Å². The molecule has 7 heteroatoms. The topological polar surface area (TPSA) is 76.8 Å². The van der Waals surface area contributed by atoms with Gasteiger partial charge in [-0.25, -0.2) is 4.79 Å². The van der Waals surface area contributed by atoms with E-state index < -0.39 is 0 Å². The van der Waals surface area contributed by atoms with Gasteiger partial charge >= 0.3 is 6.03 Å². The molecule has 2 N–H and O–H groups in total. The highest BCUT2D eigenvalue weighted by Gasteiger charge is 2.09. The molecule has 3 rings (SSSR count). The van der Waals surface area contributed by atoms with Gasteiger partial charge in [-0.05, 0) is 29.7 Å². The van der Waals surface area contributed by atoms with E-state index in [-0.39, 0.29) is 11.9 Å². The highest BCUT2D eigenvalue weighted by molar-refractivity contribution is 5.90. The number of carbonyl (C=O) groups is 1. The molecule has 0 fully saturated rings. The number of hydrogen-bond donors (Lipinski definition) is 2. The minimum absolute atomic E-state index is 0.208. The number of nitrogens with one attached hydrogen (secondary N) is 2. The number of amides is 2. The summed E-state index contributed by atoms with van der Waals surface area (Å²) in [6.07, 6.45) is 7.31. The Kier molecular flexibility index (Phi) is 5.46. The van der Waals surface area contributed by atoms with Crippen LogP contribution in [-0.2, 0) is 13.1 Å². The Bertz CT molecular complexity index is 782. The van der Waals surface area contributed by atoms with Crippen molar-refractivity contribution in [2.45, 2.75) is 20.0 Å². The maximum atomic E-state index is 12.2. The zero-order valence-corrected chi connectivity index (χ0v) is 14.2. The van der Waals surface area contributed by atoms with Gasteiger partial charge in [0.2, 0.25) is 0 Å². The van der Waals surface area contributed by atoms with Crippen molar-refractivity contribution >= 4 is 11.7 Å². The van der Waals surface area contributed by atoms with Gasteiger partial charge in [-0.1, -0.05) is 25.1 Å². The highest BCUT2D eigenvalue weighted by Crippen LogP contribution is 2.16. The largest absolute Gasteiger partial charge is 0.338 e. The first kappa shape index (κ1) is 16.8. The molecular formula is C18H22N6O. The standard InChI is InChI=1S/C18H22N6O/c1-15(13-23-10-4-8-20-23)12-19-18(25)22-17-7-3-2-6-16(17)14-24-11-5-9-21-24/h2-11,15H,12-14H2,1H3,(H2,19,22,25)/t15-/m1/s1. The molecule has 0 bridgehead atoms. The molecule has 130 valence electrons. The van der Waals surface area contributed by atoms with E-state index in [1.54, 1.807) is 12.4 Å². The van der Waals surface area contributed by atoms with E-state index in [4.69, 9.17) is 0 Å². The van der Waals surface area contributed by atoms with Crippen molar-refractivity contribution in [2.75, 3.05) is 11.9 Å². The normalized spacial score (nSPS) is 11.9. The van der Waals surface area contributed by atoms with Crippen LogP contribution in [0.25, 0.3) is 0 Å². The van der Waals surface area contributed by atoms with Crippen molar-refractivity contribution in [3.05, 3.63) is 66.7 Å². The number of carbonyl (C=O) groups excluding carboxylic acids is 1. The fraction of sp³-hybridized carbons (Fsp3) is 0.278. The van der Waals surface area contributed by atoms with Crippen LogP contribution in [0.1, 0.15) is 12.5 Å². The van der Waals surface area contributed by atoms with Crippen LogP contribution in [0.5, 0.6) is 0 Å². The average molecular weight is 338 g/mol. The van der Waals surface area contributed by atoms with Crippen molar-refractivity contribution in [1.82, 2.24) is 24.9 Å². The van der Waals surface area contributed by atoms with Gasteiger partial charge in [-0.15, -0.1) is 0 Å². The van der Waals surface area contributed by atoms with Gasteiger partial charge in [0.1, 0.15) is 0 Å². The van der Waals surface area contributed by atoms with Crippen LogP contribution < -0.4 is 10.6 Å². The molecule has 7 nitrogen and oxygen atoms in total. The smallest absolute Gasteiger partial charge is 0.319 e. The summed E-state index contributed by atoms with van der Waals surface area (Å²) in [6.45, 7) is 4.03. The number of rotatable bonds is 7. The van der Waals surface area contributed by atoms with Crippen LogP contribution in [0.2, 0.25) is 0 Å². The average Bonchev–Trinajstić information content (AvgIpc) is 3.29. The van der Waals surface area contributed by atoms with E-state index in [1.165, 1.54) is 0 Å². The van der Waals surface area contributed by atoms with Gasteiger partial charge in [0, 0.05) is 43.6 Å². The van der Waals surface area contributed by atoms with Crippen molar-refractivity contribution < 1.29 is 4.79 Å². The third-order valence-corrected chi connectivity index (χ3v) is 3.83. The first-order chi connectivity index (χ1) is 12.2. The Morgan fingerprint density at radius 3 is 2.52 bits per heavy atom. The second kappa shape index (κ2) is 8.14. The van der Waals surface area contributed by atoms with Crippen molar-refractivity contribution in [3.63, 3.8) is 0 Å². The van der Waals surface area contributed by atoms with Gasteiger partial charge in [-0.2, -0.15) is 10.2 Å². The third-order valence-electron chi connectivity index (χ3n) is 3.83. The van der Waals surface area contributed by atoms with E-state index in [9.17, 15) is 4.79 Å². The summed E-state index contributed by atoms with van der Waals surface area (Å²) in [7, 11) is 0. The molecule has 2 amide bonds. The van der Waals surface area contributed by atoms with Crippen LogP contribution in [-0.4, -0.2) is 32.1 Å². The summed E-state index contributed by atoms with van der Waals surface area (Å²) in [5.41, 5.74) is 1.79. The third kappa shape index (κ3) is 4.94.